The SMILES string of the molecule is OCC(O)[CH2][Sn][CH]1CCNCC1. The molecule has 1 aliphatic rings. The van der Waals surface area contributed by atoms with Gasteiger partial charge in [-0.05, 0) is 0 Å². The van der Waals surface area contributed by atoms with Crippen molar-refractivity contribution < 1.29 is 10.2 Å². The molecule has 1 atom stereocenters. The topological polar surface area (TPSA) is 52.5 Å². The van der Waals surface area contributed by atoms with Gasteiger partial charge in [0, 0.05) is 0 Å². The van der Waals surface area contributed by atoms with E-state index in [0.29, 0.717) is 0 Å². The van der Waals surface area contributed by atoms with Gasteiger partial charge in [0.05, 0.1) is 0 Å². The maximum atomic E-state index is 9.17. The predicted octanol–water partition coefficient (Wildman–Crippen LogP) is -0.366. The van der Waals surface area contributed by atoms with Crippen molar-refractivity contribution in [3.05, 3.63) is 0 Å². The van der Waals surface area contributed by atoms with E-state index < -0.39 is 27.2 Å². The van der Waals surface area contributed by atoms with E-state index in [1.807, 2.05) is 0 Å². The number of aliphatic hydroxyl groups excluding tert-OH is 2. The molecule has 0 bridgehead atoms. The third kappa shape index (κ3) is 4.07. The van der Waals surface area contributed by atoms with Crippen molar-refractivity contribution in [1.29, 1.82) is 0 Å². The average molecular weight is 278 g/mol. The number of rotatable bonds is 4. The van der Waals surface area contributed by atoms with E-state index in [1.54, 1.807) is 0 Å². The molecule has 3 N–H and O–H groups in total. The Morgan fingerprint density at radius 3 is 2.67 bits per heavy atom. The van der Waals surface area contributed by atoms with E-state index in [-0.39, 0.29) is 6.61 Å². The zero-order valence-electron chi connectivity index (χ0n) is 7.29. The van der Waals surface area contributed by atoms with Crippen LogP contribution in [0.5, 0.6) is 0 Å². The molecule has 1 saturated heterocycles. The number of nitrogens with one attached hydrogen (secondary N) is 1. The van der Waals surface area contributed by atoms with Crippen molar-refractivity contribution in [1.82, 2.24) is 5.32 Å². The van der Waals surface area contributed by atoms with Crippen LogP contribution >= 0.6 is 0 Å². The molecular weight excluding hydrogens is 261 g/mol. The van der Waals surface area contributed by atoms with E-state index in [9.17, 15) is 0 Å². The molecule has 1 aliphatic heterocycles. The van der Waals surface area contributed by atoms with Crippen LogP contribution in [0.3, 0.4) is 0 Å². The van der Waals surface area contributed by atoms with Gasteiger partial charge in [0.1, 0.15) is 0 Å². The first-order chi connectivity index (χ1) is 5.83. The number of hydrogen-bond donors (Lipinski definition) is 3. The van der Waals surface area contributed by atoms with Crippen molar-refractivity contribution in [3.8, 4) is 0 Å². The molecule has 2 radical (unpaired) electrons. The Kier molecular flexibility index (Phi) is 5.54. The van der Waals surface area contributed by atoms with E-state index in [0.717, 1.165) is 21.5 Å². The Bertz CT molecular complexity index is 118. The van der Waals surface area contributed by atoms with Gasteiger partial charge in [-0.2, -0.15) is 0 Å². The second kappa shape index (κ2) is 6.18. The van der Waals surface area contributed by atoms with Crippen LogP contribution < -0.4 is 5.32 Å². The monoisotopic (exact) mass is 279 g/mol. The van der Waals surface area contributed by atoms with Crippen LogP contribution in [0.15, 0.2) is 0 Å². The Labute approximate surface area is 83.8 Å². The summed E-state index contributed by atoms with van der Waals surface area (Å²) in [6.07, 6.45) is 2.17. The Morgan fingerprint density at radius 1 is 1.42 bits per heavy atom. The molecule has 0 aliphatic carbocycles. The molecule has 1 unspecified atom stereocenters. The van der Waals surface area contributed by atoms with Gasteiger partial charge in [-0.25, -0.2) is 0 Å². The summed E-state index contributed by atoms with van der Waals surface area (Å²) in [5, 5.41) is 21.1. The zero-order valence-corrected chi connectivity index (χ0v) is 10.1. The zero-order chi connectivity index (χ0) is 8.81. The van der Waals surface area contributed by atoms with Crippen molar-refractivity contribution >= 4 is 21.1 Å². The Balaban J connectivity index is 2.05. The number of hydrogen-bond acceptors (Lipinski definition) is 3. The van der Waals surface area contributed by atoms with Crippen LogP contribution in [0, 0.1) is 0 Å². The van der Waals surface area contributed by atoms with E-state index >= 15 is 0 Å². The summed E-state index contributed by atoms with van der Waals surface area (Å²) in [6, 6.07) is 0. The first-order valence-corrected chi connectivity index (χ1v) is 8.22. The molecule has 0 aromatic rings. The van der Waals surface area contributed by atoms with Crippen molar-refractivity contribution in [2.75, 3.05) is 19.7 Å². The van der Waals surface area contributed by atoms with Gasteiger partial charge in [-0.15, -0.1) is 0 Å². The minimum atomic E-state index is -0.425. The molecule has 0 aromatic carbocycles. The average Bonchev–Trinajstić information content (AvgIpc) is 2.16. The second-order valence-electron chi connectivity index (χ2n) is 3.27. The Hall–Kier alpha value is 0.679. The fourth-order valence-electron chi connectivity index (χ4n) is 1.39. The number of piperidine rings is 1. The quantitative estimate of drug-likeness (QED) is 0.615. The van der Waals surface area contributed by atoms with Crippen LogP contribution in [-0.2, 0) is 0 Å². The molecule has 0 saturated carbocycles. The van der Waals surface area contributed by atoms with Crippen molar-refractivity contribution in [2.45, 2.75) is 27.3 Å². The molecule has 1 rings (SSSR count). The molecule has 12 heavy (non-hydrogen) atoms. The van der Waals surface area contributed by atoms with Gasteiger partial charge < -0.3 is 0 Å². The van der Waals surface area contributed by atoms with Gasteiger partial charge in [-0.3, -0.25) is 0 Å². The first-order valence-electron chi connectivity index (χ1n) is 4.56. The van der Waals surface area contributed by atoms with Gasteiger partial charge in [0.15, 0.2) is 0 Å². The van der Waals surface area contributed by atoms with Crippen LogP contribution in [-0.4, -0.2) is 57.2 Å². The first kappa shape index (κ1) is 10.8. The van der Waals surface area contributed by atoms with E-state index in [1.165, 1.54) is 12.8 Å². The summed E-state index contributed by atoms with van der Waals surface area (Å²) in [5.41, 5.74) is 0. The molecule has 4 heteroatoms. The van der Waals surface area contributed by atoms with Crippen LogP contribution in [0.1, 0.15) is 12.8 Å². The summed E-state index contributed by atoms with van der Waals surface area (Å²) in [4.78, 5) is 0. The molecule has 0 aromatic heterocycles. The summed E-state index contributed by atoms with van der Waals surface area (Å²) in [6.45, 7) is 2.26. The normalized spacial score (nSPS) is 22.5. The van der Waals surface area contributed by atoms with Gasteiger partial charge >= 0.3 is 83.7 Å². The molecule has 1 heterocycles. The van der Waals surface area contributed by atoms with Gasteiger partial charge in [0.25, 0.3) is 0 Å². The molecule has 1 fully saturated rings. The molecule has 70 valence electrons. The van der Waals surface area contributed by atoms with Crippen molar-refractivity contribution in [2.24, 2.45) is 0 Å². The number of aliphatic hydroxyl groups is 2. The third-order valence-electron chi connectivity index (χ3n) is 2.19. The van der Waals surface area contributed by atoms with Crippen LogP contribution in [0.2, 0.25) is 8.37 Å². The molecule has 0 spiro atoms. The molecular formula is C8H17NO2Sn. The fraction of sp³-hybridized carbons (Fsp3) is 1.00. The standard InChI is InChI=1S/C5H10N.C3H7O2.Sn/c1-2-4-6-5-3-1;1-3(5)2-4;/h1,6H,2-5H2;3-5H,1-2H2;. The fourth-order valence-corrected chi connectivity index (χ4v) is 5.48. The molecule has 0 amide bonds. The van der Waals surface area contributed by atoms with Gasteiger partial charge in [0.2, 0.25) is 0 Å². The molecule has 3 nitrogen and oxygen atoms in total. The minimum absolute atomic E-state index is 0.0498. The van der Waals surface area contributed by atoms with Crippen LogP contribution in [0.25, 0.3) is 0 Å². The Morgan fingerprint density at radius 2 is 2.08 bits per heavy atom. The van der Waals surface area contributed by atoms with Gasteiger partial charge in [-0.1, -0.05) is 0 Å². The van der Waals surface area contributed by atoms with Crippen LogP contribution in [0.4, 0.5) is 0 Å². The maximum absolute atomic E-state index is 9.17. The summed E-state index contributed by atoms with van der Waals surface area (Å²) in [5.74, 6) is 0. The summed E-state index contributed by atoms with van der Waals surface area (Å²) >= 11 is -0.412. The summed E-state index contributed by atoms with van der Waals surface area (Å²) < 4.78 is 1.85. The van der Waals surface area contributed by atoms with E-state index in [4.69, 9.17) is 10.2 Å². The predicted molar refractivity (Wildman–Crippen MR) is 49.5 cm³/mol. The summed E-state index contributed by atoms with van der Waals surface area (Å²) in [7, 11) is 0. The third-order valence-corrected chi connectivity index (χ3v) is 7.51. The van der Waals surface area contributed by atoms with E-state index in [2.05, 4.69) is 5.32 Å². The second-order valence-corrected chi connectivity index (χ2v) is 7.93. The van der Waals surface area contributed by atoms with Crippen molar-refractivity contribution in [3.63, 3.8) is 0 Å².